The lowest BCUT2D eigenvalue weighted by Gasteiger charge is -2.23. The highest BCUT2D eigenvalue weighted by Gasteiger charge is 2.26. The number of rotatable bonds is 2. The number of aromatic nitrogens is 2. The molecule has 0 radical (unpaired) electrons. The van der Waals surface area contributed by atoms with Gasteiger partial charge in [0.2, 0.25) is 0 Å². The molecule has 0 spiro atoms. The first kappa shape index (κ1) is 13.1. The molecule has 1 fully saturated rings. The van der Waals surface area contributed by atoms with Gasteiger partial charge in [-0.1, -0.05) is 25.3 Å². The lowest BCUT2D eigenvalue weighted by molar-refractivity contribution is 0.0697. The van der Waals surface area contributed by atoms with Crippen LogP contribution in [-0.2, 0) is 0 Å². The van der Waals surface area contributed by atoms with E-state index in [0.717, 1.165) is 32.1 Å². The van der Waals surface area contributed by atoms with Gasteiger partial charge in [-0.3, -0.25) is 0 Å². The van der Waals surface area contributed by atoms with E-state index in [9.17, 15) is 15.0 Å². The standard InChI is InChI=1S/C15H18N2O3/c18-13-8-3-1-2-7-12(13)17-9-16-11-6-4-5-10(14(11)17)15(19)20/h4-6,9,12-13,18H,1-3,7-8H2,(H,19,20). The number of carboxylic acid groups (broad SMARTS) is 1. The third-order valence-electron chi connectivity index (χ3n) is 4.13. The maximum Gasteiger partial charge on any atom is 0.337 e. The fraction of sp³-hybridized carbons (Fsp3) is 0.467. The van der Waals surface area contributed by atoms with Gasteiger partial charge < -0.3 is 14.8 Å². The quantitative estimate of drug-likeness (QED) is 0.825. The minimum atomic E-state index is -0.958. The summed E-state index contributed by atoms with van der Waals surface area (Å²) in [4.78, 5) is 15.7. The molecule has 106 valence electrons. The predicted octanol–water partition coefficient (Wildman–Crippen LogP) is 2.60. The van der Waals surface area contributed by atoms with E-state index >= 15 is 0 Å². The number of carboxylic acids is 1. The number of nitrogens with zero attached hydrogens (tertiary/aromatic N) is 2. The van der Waals surface area contributed by atoms with Crippen LogP contribution in [-0.4, -0.2) is 31.8 Å². The topological polar surface area (TPSA) is 75.3 Å². The Morgan fingerprint density at radius 2 is 2.05 bits per heavy atom. The zero-order valence-corrected chi connectivity index (χ0v) is 11.2. The average Bonchev–Trinajstić information content (AvgIpc) is 2.75. The Hall–Kier alpha value is -1.88. The Kier molecular flexibility index (Phi) is 3.44. The highest BCUT2D eigenvalue weighted by Crippen LogP contribution is 2.31. The molecule has 0 saturated heterocycles. The molecule has 1 saturated carbocycles. The summed E-state index contributed by atoms with van der Waals surface area (Å²) in [6.07, 6.45) is 6.05. The summed E-state index contributed by atoms with van der Waals surface area (Å²) in [5, 5.41) is 19.7. The van der Waals surface area contributed by atoms with E-state index in [4.69, 9.17) is 0 Å². The second-order valence-electron chi connectivity index (χ2n) is 5.40. The maximum atomic E-state index is 11.4. The molecule has 1 aromatic heterocycles. The predicted molar refractivity (Wildman–Crippen MR) is 74.8 cm³/mol. The SMILES string of the molecule is O=C(O)c1cccc2ncn(C3CCCCCC3O)c12. The van der Waals surface area contributed by atoms with E-state index in [1.807, 2.05) is 4.57 Å². The van der Waals surface area contributed by atoms with Crippen LogP contribution in [0.5, 0.6) is 0 Å². The zero-order valence-electron chi connectivity index (χ0n) is 11.2. The first-order chi connectivity index (χ1) is 9.68. The fourth-order valence-electron chi connectivity index (χ4n) is 3.11. The minimum Gasteiger partial charge on any atom is -0.478 e. The van der Waals surface area contributed by atoms with Crippen LogP contribution >= 0.6 is 0 Å². The van der Waals surface area contributed by atoms with Crippen LogP contribution in [0.15, 0.2) is 24.5 Å². The normalized spacial score (nSPS) is 23.6. The Balaban J connectivity index is 2.13. The first-order valence-corrected chi connectivity index (χ1v) is 7.05. The van der Waals surface area contributed by atoms with E-state index in [1.54, 1.807) is 24.5 Å². The Labute approximate surface area is 116 Å². The van der Waals surface area contributed by atoms with E-state index in [1.165, 1.54) is 0 Å². The van der Waals surface area contributed by atoms with Crippen LogP contribution in [0.1, 0.15) is 48.5 Å². The van der Waals surface area contributed by atoms with Gasteiger partial charge in [0.1, 0.15) is 0 Å². The molecule has 5 heteroatoms. The molecule has 20 heavy (non-hydrogen) atoms. The summed E-state index contributed by atoms with van der Waals surface area (Å²) in [7, 11) is 0. The first-order valence-electron chi connectivity index (χ1n) is 7.05. The van der Waals surface area contributed by atoms with Crippen LogP contribution < -0.4 is 0 Å². The average molecular weight is 274 g/mol. The summed E-state index contributed by atoms with van der Waals surface area (Å²) in [5.41, 5.74) is 1.53. The van der Waals surface area contributed by atoms with Gasteiger partial charge in [-0.2, -0.15) is 0 Å². The molecule has 0 amide bonds. The van der Waals surface area contributed by atoms with Gasteiger partial charge in [-0.15, -0.1) is 0 Å². The summed E-state index contributed by atoms with van der Waals surface area (Å²) in [5.74, 6) is -0.958. The Morgan fingerprint density at radius 3 is 2.85 bits per heavy atom. The van der Waals surface area contributed by atoms with Crippen molar-refractivity contribution in [3.05, 3.63) is 30.1 Å². The van der Waals surface area contributed by atoms with Crippen molar-refractivity contribution in [2.24, 2.45) is 0 Å². The van der Waals surface area contributed by atoms with Gasteiger partial charge in [0.05, 0.1) is 35.1 Å². The van der Waals surface area contributed by atoms with Crippen LogP contribution in [0.25, 0.3) is 11.0 Å². The highest BCUT2D eigenvalue weighted by atomic mass is 16.4. The van der Waals surface area contributed by atoms with Crippen molar-refractivity contribution in [3.8, 4) is 0 Å². The number of hydrogen-bond acceptors (Lipinski definition) is 3. The van der Waals surface area contributed by atoms with Crippen LogP contribution in [0, 0.1) is 0 Å². The number of aromatic carboxylic acids is 1. The van der Waals surface area contributed by atoms with E-state index in [2.05, 4.69) is 4.98 Å². The van der Waals surface area contributed by atoms with Crippen molar-refractivity contribution >= 4 is 17.0 Å². The summed E-state index contributed by atoms with van der Waals surface area (Å²) < 4.78 is 1.86. The Bertz CT molecular complexity index is 635. The lowest BCUT2D eigenvalue weighted by Crippen LogP contribution is -2.23. The Morgan fingerprint density at radius 1 is 1.25 bits per heavy atom. The highest BCUT2D eigenvalue weighted by molar-refractivity contribution is 6.01. The molecule has 0 aliphatic heterocycles. The molecule has 2 atom stereocenters. The van der Waals surface area contributed by atoms with E-state index in [0.29, 0.717) is 11.0 Å². The number of para-hydroxylation sites is 1. The molecule has 0 bridgehead atoms. The summed E-state index contributed by atoms with van der Waals surface area (Å²) in [6, 6.07) is 5.02. The van der Waals surface area contributed by atoms with Crippen molar-refractivity contribution in [1.82, 2.24) is 9.55 Å². The van der Waals surface area contributed by atoms with Gasteiger partial charge >= 0.3 is 5.97 Å². The second-order valence-corrected chi connectivity index (χ2v) is 5.40. The third-order valence-corrected chi connectivity index (χ3v) is 4.13. The molecule has 5 nitrogen and oxygen atoms in total. The van der Waals surface area contributed by atoms with Crippen molar-refractivity contribution in [2.45, 2.75) is 44.2 Å². The van der Waals surface area contributed by atoms with Gasteiger partial charge in [0.25, 0.3) is 0 Å². The number of carbonyl (C=O) groups is 1. The van der Waals surface area contributed by atoms with Gasteiger partial charge in [-0.25, -0.2) is 9.78 Å². The third kappa shape index (κ3) is 2.18. The molecule has 2 N–H and O–H groups in total. The van der Waals surface area contributed by atoms with Crippen LogP contribution in [0.4, 0.5) is 0 Å². The van der Waals surface area contributed by atoms with Crippen LogP contribution in [0.3, 0.4) is 0 Å². The monoisotopic (exact) mass is 274 g/mol. The number of aliphatic hydroxyl groups is 1. The molecule has 2 unspecified atom stereocenters. The van der Waals surface area contributed by atoms with Crippen molar-refractivity contribution in [1.29, 1.82) is 0 Å². The summed E-state index contributed by atoms with van der Waals surface area (Å²) in [6.45, 7) is 0. The smallest absolute Gasteiger partial charge is 0.337 e. The van der Waals surface area contributed by atoms with Crippen molar-refractivity contribution in [3.63, 3.8) is 0 Å². The van der Waals surface area contributed by atoms with Crippen molar-refractivity contribution < 1.29 is 15.0 Å². The second kappa shape index (κ2) is 5.25. The molecule has 1 aromatic carbocycles. The molecular formula is C15H18N2O3. The largest absolute Gasteiger partial charge is 0.478 e. The van der Waals surface area contributed by atoms with Gasteiger partial charge in [0, 0.05) is 0 Å². The van der Waals surface area contributed by atoms with Crippen LogP contribution in [0.2, 0.25) is 0 Å². The lowest BCUT2D eigenvalue weighted by atomic mass is 10.0. The number of aliphatic hydroxyl groups excluding tert-OH is 1. The van der Waals surface area contributed by atoms with Crippen molar-refractivity contribution in [2.75, 3.05) is 0 Å². The summed E-state index contributed by atoms with van der Waals surface area (Å²) >= 11 is 0. The van der Waals surface area contributed by atoms with E-state index in [-0.39, 0.29) is 11.6 Å². The van der Waals surface area contributed by atoms with E-state index < -0.39 is 12.1 Å². The molecule has 2 aromatic rings. The number of imidazole rings is 1. The molecule has 3 rings (SSSR count). The number of hydrogen-bond donors (Lipinski definition) is 2. The molecule has 1 aliphatic rings. The molecule has 1 heterocycles. The fourth-order valence-corrected chi connectivity index (χ4v) is 3.11. The zero-order chi connectivity index (χ0) is 14.1. The maximum absolute atomic E-state index is 11.4. The number of benzene rings is 1. The van der Waals surface area contributed by atoms with Gasteiger partial charge in [0.15, 0.2) is 0 Å². The molecule has 1 aliphatic carbocycles. The molecular weight excluding hydrogens is 256 g/mol. The minimum absolute atomic E-state index is 0.0806. The van der Waals surface area contributed by atoms with Gasteiger partial charge in [-0.05, 0) is 25.0 Å². The number of fused-ring (bicyclic) bond motifs is 1.